The lowest BCUT2D eigenvalue weighted by Crippen LogP contribution is -2.20. The molecule has 0 aromatic heterocycles. The van der Waals surface area contributed by atoms with Gasteiger partial charge in [-0.25, -0.2) is 0 Å². The summed E-state index contributed by atoms with van der Waals surface area (Å²) in [4.78, 5) is 12.4. The summed E-state index contributed by atoms with van der Waals surface area (Å²) in [6, 6.07) is 20.6. The monoisotopic (exact) mass is 572 g/mol. The molecule has 0 bridgehead atoms. The number of nitrogens with one attached hydrogen (secondary N) is 1. The Hall–Kier alpha value is -3.02. The van der Waals surface area contributed by atoms with Gasteiger partial charge in [0.05, 0.1) is 21.8 Å². The molecule has 5 nitrogen and oxygen atoms in total. The van der Waals surface area contributed by atoms with Crippen LogP contribution in [0.2, 0.25) is 5.02 Å². The van der Waals surface area contributed by atoms with Crippen molar-refractivity contribution in [1.29, 1.82) is 5.26 Å². The highest BCUT2D eigenvalue weighted by atomic mass is 127. The number of nitrogens with zero attached hydrogens (tertiary/aromatic N) is 1. The van der Waals surface area contributed by atoms with Crippen molar-refractivity contribution in [2.75, 3.05) is 18.5 Å². The molecule has 0 aliphatic carbocycles. The fourth-order valence-electron chi connectivity index (χ4n) is 3.06. The lowest BCUT2D eigenvalue weighted by Gasteiger charge is -2.15. The van der Waals surface area contributed by atoms with Crippen LogP contribution in [0.15, 0.2) is 60.7 Å². The summed E-state index contributed by atoms with van der Waals surface area (Å²) in [5.41, 5.74) is 3.67. The number of carbonyl (C=O) groups is 1. The van der Waals surface area contributed by atoms with Gasteiger partial charge in [-0.3, -0.25) is 4.79 Å². The molecule has 0 heterocycles. The predicted octanol–water partition coefficient (Wildman–Crippen LogP) is 6.73. The third-order valence-electron chi connectivity index (χ3n) is 4.61. The minimum absolute atomic E-state index is 0.164. The molecule has 168 valence electrons. The molecule has 0 atom stereocenters. The molecule has 0 spiro atoms. The summed E-state index contributed by atoms with van der Waals surface area (Å²) in [7, 11) is 0. The van der Waals surface area contributed by atoms with Crippen LogP contribution in [-0.2, 0) is 4.79 Å². The molecule has 0 radical (unpaired) electrons. The quantitative estimate of drug-likeness (QED) is 0.185. The van der Waals surface area contributed by atoms with Gasteiger partial charge in [0.1, 0.15) is 0 Å². The molecule has 0 unspecified atom stereocenters. The number of ether oxygens (including phenoxy) is 2. The predicted molar refractivity (Wildman–Crippen MR) is 141 cm³/mol. The molecule has 7 heteroatoms. The minimum atomic E-state index is -0.272. The first-order valence-electron chi connectivity index (χ1n) is 10.2. The lowest BCUT2D eigenvalue weighted by atomic mass is 10.0. The maximum absolute atomic E-state index is 12.4. The summed E-state index contributed by atoms with van der Waals surface area (Å²) < 4.78 is 12.3. The van der Waals surface area contributed by atoms with E-state index in [0.29, 0.717) is 40.0 Å². The van der Waals surface area contributed by atoms with E-state index in [1.807, 2.05) is 56.3 Å². The number of halogens is 2. The number of benzene rings is 3. The van der Waals surface area contributed by atoms with Crippen LogP contribution in [-0.4, -0.2) is 19.1 Å². The highest BCUT2D eigenvalue weighted by Crippen LogP contribution is 2.36. The van der Waals surface area contributed by atoms with Crippen LogP contribution in [0.1, 0.15) is 23.6 Å². The molecule has 33 heavy (non-hydrogen) atoms. The van der Waals surface area contributed by atoms with E-state index in [4.69, 9.17) is 21.1 Å². The molecule has 0 fully saturated rings. The number of amides is 1. The zero-order valence-corrected chi connectivity index (χ0v) is 21.1. The second-order valence-electron chi connectivity index (χ2n) is 7.12. The molecule has 0 aliphatic rings. The number of anilines is 1. The third kappa shape index (κ3) is 6.73. The van der Waals surface area contributed by atoms with Gasteiger partial charge in [-0.15, -0.1) is 0 Å². The maximum atomic E-state index is 12.4. The Labute approximate surface area is 212 Å². The van der Waals surface area contributed by atoms with Crippen LogP contribution in [0.25, 0.3) is 11.6 Å². The summed E-state index contributed by atoms with van der Waals surface area (Å²) in [5.74, 6) is 0.701. The standard InChI is InChI=1S/C26H22ClIN2O3/c1-3-32-24-14-18(12-19(15-29)21-6-4-5-7-22(21)27)13-23(28)26(24)33-16-25(31)30-20-10-8-17(2)9-11-20/h4-14H,3,16H2,1-2H3,(H,30,31). The molecule has 1 N–H and O–H groups in total. The van der Waals surface area contributed by atoms with Crippen molar-refractivity contribution in [3.8, 4) is 17.6 Å². The Morgan fingerprint density at radius 1 is 1.15 bits per heavy atom. The number of nitriles is 1. The van der Waals surface area contributed by atoms with Crippen molar-refractivity contribution >= 4 is 57.4 Å². The van der Waals surface area contributed by atoms with Gasteiger partial charge in [-0.2, -0.15) is 5.26 Å². The molecular weight excluding hydrogens is 551 g/mol. The van der Waals surface area contributed by atoms with Crippen LogP contribution < -0.4 is 14.8 Å². The van der Waals surface area contributed by atoms with Crippen molar-refractivity contribution in [3.63, 3.8) is 0 Å². The molecule has 0 saturated carbocycles. The Kier molecular flexibility index (Phi) is 8.75. The van der Waals surface area contributed by atoms with E-state index in [0.717, 1.165) is 14.7 Å². The van der Waals surface area contributed by atoms with E-state index in [2.05, 4.69) is 34.0 Å². The summed E-state index contributed by atoms with van der Waals surface area (Å²) in [6.07, 6.45) is 1.75. The van der Waals surface area contributed by atoms with Gasteiger partial charge in [0.2, 0.25) is 0 Å². The second-order valence-corrected chi connectivity index (χ2v) is 8.68. The van der Waals surface area contributed by atoms with Crippen molar-refractivity contribution in [1.82, 2.24) is 0 Å². The fourth-order valence-corrected chi connectivity index (χ4v) is 4.08. The van der Waals surface area contributed by atoms with Crippen molar-refractivity contribution in [2.45, 2.75) is 13.8 Å². The Balaban J connectivity index is 1.82. The Morgan fingerprint density at radius 3 is 2.55 bits per heavy atom. The SMILES string of the molecule is CCOc1cc(C=C(C#N)c2ccccc2Cl)cc(I)c1OCC(=O)Nc1ccc(C)cc1. The first-order chi connectivity index (χ1) is 15.9. The smallest absolute Gasteiger partial charge is 0.262 e. The van der Waals surface area contributed by atoms with Gasteiger partial charge < -0.3 is 14.8 Å². The molecule has 3 aromatic carbocycles. The fraction of sp³-hybridized carbons (Fsp3) is 0.154. The molecule has 1 amide bonds. The van der Waals surface area contributed by atoms with E-state index in [-0.39, 0.29) is 12.5 Å². The number of rotatable bonds is 8. The number of carbonyl (C=O) groups excluding carboxylic acids is 1. The molecule has 0 aliphatic heterocycles. The van der Waals surface area contributed by atoms with Crippen LogP contribution in [0.3, 0.4) is 0 Å². The van der Waals surface area contributed by atoms with Gasteiger partial charge in [0.15, 0.2) is 18.1 Å². The zero-order valence-electron chi connectivity index (χ0n) is 18.2. The average Bonchev–Trinajstić information content (AvgIpc) is 2.79. The van der Waals surface area contributed by atoms with Crippen LogP contribution in [0.4, 0.5) is 5.69 Å². The first-order valence-corrected chi connectivity index (χ1v) is 11.7. The second kappa shape index (κ2) is 11.7. The summed E-state index contributed by atoms with van der Waals surface area (Å²) in [5, 5.41) is 13.0. The largest absolute Gasteiger partial charge is 0.490 e. The van der Waals surface area contributed by atoms with Crippen LogP contribution >= 0.6 is 34.2 Å². The molecule has 3 rings (SSSR count). The van der Waals surface area contributed by atoms with E-state index >= 15 is 0 Å². The number of hydrogen-bond donors (Lipinski definition) is 1. The minimum Gasteiger partial charge on any atom is -0.490 e. The third-order valence-corrected chi connectivity index (χ3v) is 5.74. The normalized spacial score (nSPS) is 10.9. The van der Waals surface area contributed by atoms with Gasteiger partial charge in [-0.1, -0.05) is 47.5 Å². The molecular formula is C26H22ClIN2O3. The topological polar surface area (TPSA) is 71.3 Å². The van der Waals surface area contributed by atoms with Crippen molar-refractivity contribution in [2.24, 2.45) is 0 Å². The van der Waals surface area contributed by atoms with Crippen molar-refractivity contribution < 1.29 is 14.3 Å². The summed E-state index contributed by atoms with van der Waals surface area (Å²) in [6.45, 7) is 4.11. The van der Waals surface area contributed by atoms with E-state index in [1.165, 1.54) is 0 Å². The highest BCUT2D eigenvalue weighted by molar-refractivity contribution is 14.1. The molecule has 0 saturated heterocycles. The van der Waals surface area contributed by atoms with E-state index in [1.54, 1.807) is 24.3 Å². The Bertz CT molecular complexity index is 1220. The number of allylic oxidation sites excluding steroid dienone is 1. The number of hydrogen-bond acceptors (Lipinski definition) is 4. The first kappa shape index (κ1) is 24.6. The van der Waals surface area contributed by atoms with Crippen LogP contribution in [0, 0.1) is 21.8 Å². The molecule has 3 aromatic rings. The zero-order chi connectivity index (χ0) is 23.8. The van der Waals surface area contributed by atoms with Crippen molar-refractivity contribution in [3.05, 3.63) is 85.9 Å². The van der Waals surface area contributed by atoms with Gasteiger partial charge in [-0.05, 0) is 78.4 Å². The van der Waals surface area contributed by atoms with Gasteiger partial charge >= 0.3 is 0 Å². The maximum Gasteiger partial charge on any atom is 0.262 e. The lowest BCUT2D eigenvalue weighted by molar-refractivity contribution is -0.118. The van der Waals surface area contributed by atoms with E-state index < -0.39 is 0 Å². The number of aryl methyl sites for hydroxylation is 1. The van der Waals surface area contributed by atoms with Crippen LogP contribution in [0.5, 0.6) is 11.5 Å². The van der Waals surface area contributed by atoms with E-state index in [9.17, 15) is 10.1 Å². The highest BCUT2D eigenvalue weighted by Gasteiger charge is 2.15. The van der Waals surface area contributed by atoms with Gasteiger partial charge in [0, 0.05) is 16.3 Å². The summed E-state index contributed by atoms with van der Waals surface area (Å²) >= 11 is 8.39. The van der Waals surface area contributed by atoms with Gasteiger partial charge in [0.25, 0.3) is 5.91 Å². The average molecular weight is 573 g/mol. The Morgan fingerprint density at radius 2 is 1.88 bits per heavy atom.